The van der Waals surface area contributed by atoms with Crippen molar-refractivity contribution < 1.29 is 4.74 Å². The standard InChI is InChI=1S/C9H18N2O/c1-11-3-2-10-5-9(11)4-8-6-12-7-8/h8-10H,2-7H2,1H3. The molecule has 2 fully saturated rings. The zero-order chi connectivity index (χ0) is 8.39. The molecule has 1 atom stereocenters. The SMILES string of the molecule is CN1CCNCC1CC1COC1. The summed E-state index contributed by atoms with van der Waals surface area (Å²) in [4.78, 5) is 2.47. The highest BCUT2D eigenvalue weighted by atomic mass is 16.5. The van der Waals surface area contributed by atoms with Crippen LogP contribution < -0.4 is 5.32 Å². The second kappa shape index (κ2) is 3.73. The molecule has 2 rings (SSSR count). The highest BCUT2D eigenvalue weighted by molar-refractivity contribution is 4.81. The summed E-state index contributed by atoms with van der Waals surface area (Å²) in [6.45, 7) is 5.48. The molecule has 2 saturated heterocycles. The fourth-order valence-electron chi connectivity index (χ4n) is 1.93. The first-order valence-electron chi connectivity index (χ1n) is 4.85. The molecule has 0 aromatic carbocycles. The Balaban J connectivity index is 1.76. The summed E-state index contributed by atoms with van der Waals surface area (Å²) < 4.78 is 5.17. The van der Waals surface area contributed by atoms with Crippen LogP contribution >= 0.6 is 0 Å². The molecule has 3 heteroatoms. The third-order valence-corrected chi connectivity index (χ3v) is 2.96. The third kappa shape index (κ3) is 1.79. The second-order valence-corrected chi connectivity index (χ2v) is 3.98. The fourth-order valence-corrected chi connectivity index (χ4v) is 1.93. The van der Waals surface area contributed by atoms with Crippen LogP contribution in [-0.2, 0) is 4.74 Å². The average Bonchev–Trinajstić information content (AvgIpc) is 2.00. The molecular formula is C9H18N2O. The molecule has 0 saturated carbocycles. The Labute approximate surface area is 74.1 Å². The van der Waals surface area contributed by atoms with Crippen LogP contribution in [0.4, 0.5) is 0 Å². The lowest BCUT2D eigenvalue weighted by molar-refractivity contribution is -0.0470. The molecule has 2 aliphatic rings. The minimum Gasteiger partial charge on any atom is -0.381 e. The summed E-state index contributed by atoms with van der Waals surface area (Å²) >= 11 is 0. The van der Waals surface area contributed by atoms with Gasteiger partial charge in [0.05, 0.1) is 13.2 Å². The van der Waals surface area contributed by atoms with Gasteiger partial charge in [-0.25, -0.2) is 0 Å². The van der Waals surface area contributed by atoms with Gasteiger partial charge in [-0.2, -0.15) is 0 Å². The van der Waals surface area contributed by atoms with Gasteiger partial charge >= 0.3 is 0 Å². The molecular weight excluding hydrogens is 152 g/mol. The van der Waals surface area contributed by atoms with Gasteiger partial charge in [0.1, 0.15) is 0 Å². The predicted octanol–water partition coefficient (Wildman–Crippen LogP) is -0.0735. The maximum Gasteiger partial charge on any atom is 0.0517 e. The first kappa shape index (κ1) is 8.48. The number of ether oxygens (including phenoxy) is 1. The molecule has 0 bridgehead atoms. The van der Waals surface area contributed by atoms with Crippen molar-refractivity contribution in [2.24, 2.45) is 5.92 Å². The van der Waals surface area contributed by atoms with Gasteiger partial charge in [0.15, 0.2) is 0 Å². The lowest BCUT2D eigenvalue weighted by Crippen LogP contribution is -2.51. The number of rotatable bonds is 2. The summed E-state index contributed by atoms with van der Waals surface area (Å²) in [5.74, 6) is 0.831. The van der Waals surface area contributed by atoms with E-state index in [-0.39, 0.29) is 0 Å². The van der Waals surface area contributed by atoms with E-state index in [1.165, 1.54) is 13.0 Å². The lowest BCUT2D eigenvalue weighted by atomic mass is 9.96. The van der Waals surface area contributed by atoms with Crippen LogP contribution in [0.25, 0.3) is 0 Å². The highest BCUT2D eigenvalue weighted by Crippen LogP contribution is 2.19. The van der Waals surface area contributed by atoms with Crippen molar-refractivity contribution in [2.75, 3.05) is 39.9 Å². The molecule has 12 heavy (non-hydrogen) atoms. The maximum atomic E-state index is 5.17. The summed E-state index contributed by atoms with van der Waals surface area (Å²) in [5.41, 5.74) is 0. The molecule has 0 aromatic rings. The minimum atomic E-state index is 0.743. The van der Waals surface area contributed by atoms with Crippen molar-refractivity contribution in [1.29, 1.82) is 0 Å². The number of nitrogens with one attached hydrogen (secondary N) is 1. The van der Waals surface area contributed by atoms with E-state index in [2.05, 4.69) is 17.3 Å². The quantitative estimate of drug-likeness (QED) is 0.627. The number of nitrogens with zero attached hydrogens (tertiary/aromatic N) is 1. The van der Waals surface area contributed by atoms with E-state index < -0.39 is 0 Å². The minimum absolute atomic E-state index is 0.743. The van der Waals surface area contributed by atoms with Crippen molar-refractivity contribution in [3.05, 3.63) is 0 Å². The highest BCUT2D eigenvalue weighted by Gasteiger charge is 2.26. The Morgan fingerprint density at radius 3 is 2.92 bits per heavy atom. The molecule has 0 aromatic heterocycles. The van der Waals surface area contributed by atoms with Crippen LogP contribution in [0.5, 0.6) is 0 Å². The molecule has 0 spiro atoms. The number of hydrogen-bond acceptors (Lipinski definition) is 3. The van der Waals surface area contributed by atoms with Crippen molar-refractivity contribution in [3.8, 4) is 0 Å². The Hall–Kier alpha value is -0.120. The molecule has 1 unspecified atom stereocenters. The maximum absolute atomic E-state index is 5.17. The van der Waals surface area contributed by atoms with E-state index in [0.29, 0.717) is 0 Å². The summed E-state index contributed by atoms with van der Waals surface area (Å²) in [6.07, 6.45) is 1.31. The Morgan fingerprint density at radius 2 is 2.33 bits per heavy atom. The van der Waals surface area contributed by atoms with E-state index in [9.17, 15) is 0 Å². The van der Waals surface area contributed by atoms with Crippen LogP contribution in [0.3, 0.4) is 0 Å². The van der Waals surface area contributed by atoms with E-state index in [1.54, 1.807) is 0 Å². The molecule has 0 amide bonds. The van der Waals surface area contributed by atoms with Crippen LogP contribution in [0.1, 0.15) is 6.42 Å². The molecule has 0 aliphatic carbocycles. The van der Waals surface area contributed by atoms with E-state index in [1.807, 2.05) is 0 Å². The fraction of sp³-hybridized carbons (Fsp3) is 1.00. The monoisotopic (exact) mass is 170 g/mol. The van der Waals surface area contributed by atoms with Crippen molar-refractivity contribution in [1.82, 2.24) is 10.2 Å². The zero-order valence-electron chi connectivity index (χ0n) is 7.75. The third-order valence-electron chi connectivity index (χ3n) is 2.96. The second-order valence-electron chi connectivity index (χ2n) is 3.98. The Kier molecular flexibility index (Phi) is 2.63. The first-order valence-corrected chi connectivity index (χ1v) is 4.85. The van der Waals surface area contributed by atoms with Gasteiger partial charge in [-0.15, -0.1) is 0 Å². The van der Waals surface area contributed by atoms with Gasteiger partial charge in [-0.1, -0.05) is 0 Å². The predicted molar refractivity (Wildman–Crippen MR) is 48.2 cm³/mol. The van der Waals surface area contributed by atoms with E-state index in [4.69, 9.17) is 4.74 Å². The van der Waals surface area contributed by atoms with E-state index >= 15 is 0 Å². The van der Waals surface area contributed by atoms with Crippen LogP contribution in [0.15, 0.2) is 0 Å². The summed E-state index contributed by atoms with van der Waals surface area (Å²) in [5, 5.41) is 3.44. The largest absolute Gasteiger partial charge is 0.381 e. The smallest absolute Gasteiger partial charge is 0.0517 e. The normalized spacial score (nSPS) is 33.2. The topological polar surface area (TPSA) is 24.5 Å². The van der Waals surface area contributed by atoms with Crippen LogP contribution in [0, 0.1) is 5.92 Å². The molecule has 1 N–H and O–H groups in total. The van der Waals surface area contributed by atoms with Gasteiger partial charge in [0.2, 0.25) is 0 Å². The van der Waals surface area contributed by atoms with E-state index in [0.717, 1.165) is 38.3 Å². The Morgan fingerprint density at radius 1 is 1.50 bits per heavy atom. The lowest BCUT2D eigenvalue weighted by Gasteiger charge is -2.37. The zero-order valence-corrected chi connectivity index (χ0v) is 7.75. The molecule has 0 radical (unpaired) electrons. The summed E-state index contributed by atoms with van der Waals surface area (Å²) in [7, 11) is 2.23. The van der Waals surface area contributed by atoms with Gasteiger partial charge in [0.25, 0.3) is 0 Å². The van der Waals surface area contributed by atoms with Crippen molar-refractivity contribution in [3.63, 3.8) is 0 Å². The van der Waals surface area contributed by atoms with Crippen LogP contribution in [-0.4, -0.2) is 50.8 Å². The number of piperazine rings is 1. The first-order chi connectivity index (χ1) is 5.86. The molecule has 2 heterocycles. The summed E-state index contributed by atoms with van der Waals surface area (Å²) in [6, 6.07) is 0.743. The van der Waals surface area contributed by atoms with Gasteiger partial charge < -0.3 is 15.0 Å². The average molecular weight is 170 g/mol. The van der Waals surface area contributed by atoms with Gasteiger partial charge in [-0.05, 0) is 13.5 Å². The van der Waals surface area contributed by atoms with Gasteiger partial charge in [0, 0.05) is 31.6 Å². The molecule has 2 aliphatic heterocycles. The van der Waals surface area contributed by atoms with Crippen molar-refractivity contribution in [2.45, 2.75) is 12.5 Å². The van der Waals surface area contributed by atoms with Crippen molar-refractivity contribution >= 4 is 0 Å². The number of hydrogen-bond donors (Lipinski definition) is 1. The molecule has 3 nitrogen and oxygen atoms in total. The number of likely N-dealkylation sites (N-methyl/N-ethyl adjacent to an activating group) is 1. The van der Waals surface area contributed by atoms with Crippen LogP contribution in [0.2, 0.25) is 0 Å². The molecule has 70 valence electrons. The van der Waals surface area contributed by atoms with Gasteiger partial charge in [-0.3, -0.25) is 0 Å². The Bertz CT molecular complexity index is 147.